The zero-order valence-corrected chi connectivity index (χ0v) is 13.7. The third-order valence-electron chi connectivity index (χ3n) is 2.68. The Bertz CT molecular complexity index is 669. The largest absolute Gasteiger partial charge is 0.317 e. The molecule has 2 heteroatoms. The van der Waals surface area contributed by atoms with E-state index >= 15 is 0 Å². The number of aryl methyl sites for hydroxylation is 2. The van der Waals surface area contributed by atoms with Gasteiger partial charge in [-0.1, -0.05) is 51.8 Å². The van der Waals surface area contributed by atoms with Gasteiger partial charge in [-0.15, -0.1) is 5.92 Å². The maximum atomic E-state index is 12.0. The van der Waals surface area contributed by atoms with Crippen molar-refractivity contribution < 1.29 is 0 Å². The second kappa shape index (κ2) is 8.98. The van der Waals surface area contributed by atoms with Gasteiger partial charge in [0.15, 0.2) is 0 Å². The average Bonchev–Trinajstić information content (AvgIpc) is 2.49. The fourth-order valence-electron chi connectivity index (χ4n) is 1.91. The Labute approximate surface area is 122 Å². The predicted molar refractivity (Wildman–Crippen MR) is 89.2 cm³/mol. The monoisotopic (exact) mass is 271 g/mol. The van der Waals surface area contributed by atoms with Crippen molar-refractivity contribution in [2.75, 3.05) is 0 Å². The Balaban J connectivity index is 0.000000829. The van der Waals surface area contributed by atoms with Crippen molar-refractivity contribution in [1.82, 2.24) is 4.57 Å². The molecule has 0 aliphatic carbocycles. The van der Waals surface area contributed by atoms with Crippen molar-refractivity contribution in [3.05, 3.63) is 45.9 Å². The molecule has 0 saturated heterocycles. The molecule has 0 aliphatic heterocycles. The van der Waals surface area contributed by atoms with Gasteiger partial charge in [0, 0.05) is 24.2 Å². The summed E-state index contributed by atoms with van der Waals surface area (Å²) in [7, 11) is 1.76. The summed E-state index contributed by atoms with van der Waals surface area (Å²) >= 11 is 0. The third-order valence-corrected chi connectivity index (χ3v) is 2.68. The van der Waals surface area contributed by atoms with Crippen molar-refractivity contribution >= 4 is 10.8 Å². The SMILES string of the molecule is CC.CC.CC#Cc1cn(C)c(=O)c2c(C)cccc12. The minimum absolute atomic E-state index is 0.0368. The van der Waals surface area contributed by atoms with E-state index in [1.807, 2.05) is 52.8 Å². The topological polar surface area (TPSA) is 22.0 Å². The van der Waals surface area contributed by atoms with Gasteiger partial charge >= 0.3 is 0 Å². The normalized spacial score (nSPS) is 8.55. The highest BCUT2D eigenvalue weighted by Gasteiger charge is 2.07. The van der Waals surface area contributed by atoms with Gasteiger partial charge in [-0.2, -0.15) is 0 Å². The lowest BCUT2D eigenvalue weighted by atomic mass is 10.0. The fourth-order valence-corrected chi connectivity index (χ4v) is 1.91. The Kier molecular flexibility index (Phi) is 8.08. The van der Waals surface area contributed by atoms with Crippen molar-refractivity contribution in [3.63, 3.8) is 0 Å². The van der Waals surface area contributed by atoms with Gasteiger partial charge in [0.2, 0.25) is 0 Å². The Hall–Kier alpha value is -2.01. The molecule has 0 atom stereocenters. The summed E-state index contributed by atoms with van der Waals surface area (Å²) in [5.74, 6) is 5.91. The van der Waals surface area contributed by atoms with Gasteiger partial charge < -0.3 is 4.57 Å². The first-order valence-electron chi connectivity index (χ1n) is 7.17. The van der Waals surface area contributed by atoms with E-state index in [1.165, 1.54) is 0 Å². The van der Waals surface area contributed by atoms with E-state index in [4.69, 9.17) is 0 Å². The molecule has 2 aromatic rings. The summed E-state index contributed by atoms with van der Waals surface area (Å²) in [6.07, 6.45) is 1.79. The van der Waals surface area contributed by atoms with Crippen LogP contribution in [0.1, 0.15) is 45.7 Å². The lowest BCUT2D eigenvalue weighted by molar-refractivity contribution is 0.870. The molecule has 108 valence electrons. The van der Waals surface area contributed by atoms with E-state index < -0.39 is 0 Å². The number of pyridine rings is 1. The number of hydrogen-bond acceptors (Lipinski definition) is 1. The number of benzene rings is 1. The van der Waals surface area contributed by atoms with E-state index in [-0.39, 0.29) is 5.56 Å². The third kappa shape index (κ3) is 3.74. The molecule has 20 heavy (non-hydrogen) atoms. The molecule has 0 aliphatic rings. The van der Waals surface area contributed by atoms with Gasteiger partial charge in [-0.25, -0.2) is 0 Å². The molecule has 1 heterocycles. The van der Waals surface area contributed by atoms with Crippen molar-refractivity contribution in [3.8, 4) is 11.8 Å². The number of rotatable bonds is 0. The summed E-state index contributed by atoms with van der Waals surface area (Å²) < 4.78 is 1.59. The Morgan fingerprint density at radius 2 is 1.70 bits per heavy atom. The number of hydrogen-bond donors (Lipinski definition) is 0. The molecular weight excluding hydrogens is 246 g/mol. The summed E-state index contributed by atoms with van der Waals surface area (Å²) in [6.45, 7) is 11.7. The Morgan fingerprint density at radius 3 is 2.25 bits per heavy atom. The number of aromatic nitrogens is 1. The molecule has 1 aromatic heterocycles. The standard InChI is InChI=1S/C14H13NO.2C2H6/c1-4-6-11-9-15(3)14(16)13-10(2)7-5-8-12(11)13;2*1-2/h5,7-9H,1-3H3;2*1-2H3. The molecule has 2 rings (SSSR count). The minimum atomic E-state index is 0.0368. The van der Waals surface area contributed by atoms with Crippen LogP contribution in [0.4, 0.5) is 0 Å². The van der Waals surface area contributed by atoms with E-state index in [9.17, 15) is 4.79 Å². The summed E-state index contributed by atoms with van der Waals surface area (Å²) in [4.78, 5) is 12.0. The van der Waals surface area contributed by atoms with Gasteiger partial charge in [0.05, 0.1) is 5.39 Å². The second-order valence-corrected chi connectivity index (χ2v) is 3.83. The van der Waals surface area contributed by atoms with E-state index in [2.05, 4.69) is 11.8 Å². The number of fused-ring (bicyclic) bond motifs is 1. The Morgan fingerprint density at radius 1 is 1.10 bits per heavy atom. The van der Waals surface area contributed by atoms with Crippen molar-refractivity contribution in [2.45, 2.75) is 41.5 Å². The average molecular weight is 271 g/mol. The van der Waals surface area contributed by atoms with Crippen molar-refractivity contribution in [2.24, 2.45) is 7.05 Å². The first-order valence-corrected chi connectivity index (χ1v) is 7.17. The molecule has 0 unspecified atom stereocenters. The fraction of sp³-hybridized carbons (Fsp3) is 0.389. The summed E-state index contributed by atoms with van der Waals surface area (Å²) in [5.41, 5.74) is 1.94. The van der Waals surface area contributed by atoms with E-state index in [0.717, 1.165) is 21.9 Å². The predicted octanol–water partition coefficient (Wildman–Crippen LogP) is 4.27. The molecular formula is C18H25NO. The van der Waals surface area contributed by atoms with Crippen LogP contribution in [0.2, 0.25) is 0 Å². The molecule has 0 amide bonds. The van der Waals surface area contributed by atoms with Crippen LogP contribution in [-0.2, 0) is 7.05 Å². The molecule has 1 aromatic carbocycles. The summed E-state index contributed by atoms with van der Waals surface area (Å²) in [6, 6.07) is 5.86. The molecule has 0 bridgehead atoms. The van der Waals surface area contributed by atoms with Crippen LogP contribution in [0, 0.1) is 18.8 Å². The van der Waals surface area contributed by atoms with Gasteiger partial charge in [0.25, 0.3) is 5.56 Å². The molecule has 0 radical (unpaired) electrons. The maximum absolute atomic E-state index is 12.0. The van der Waals surface area contributed by atoms with Gasteiger partial charge in [-0.05, 0) is 19.4 Å². The highest BCUT2D eigenvalue weighted by atomic mass is 16.1. The maximum Gasteiger partial charge on any atom is 0.258 e. The quantitative estimate of drug-likeness (QED) is 0.656. The lowest BCUT2D eigenvalue weighted by Gasteiger charge is -2.06. The number of nitrogens with zero attached hydrogens (tertiary/aromatic N) is 1. The molecule has 0 N–H and O–H groups in total. The first-order chi connectivity index (χ1) is 9.65. The van der Waals surface area contributed by atoms with Gasteiger partial charge in [0.1, 0.15) is 0 Å². The molecule has 0 fully saturated rings. The first kappa shape index (κ1) is 18.0. The minimum Gasteiger partial charge on any atom is -0.317 e. The van der Waals surface area contributed by atoms with Crippen LogP contribution >= 0.6 is 0 Å². The van der Waals surface area contributed by atoms with Crippen LogP contribution in [0.3, 0.4) is 0 Å². The van der Waals surface area contributed by atoms with Crippen LogP contribution in [0.15, 0.2) is 29.2 Å². The molecule has 2 nitrogen and oxygen atoms in total. The van der Waals surface area contributed by atoms with Crippen LogP contribution < -0.4 is 5.56 Å². The lowest BCUT2D eigenvalue weighted by Crippen LogP contribution is -2.17. The van der Waals surface area contributed by atoms with E-state index in [0.29, 0.717) is 0 Å². The van der Waals surface area contributed by atoms with Crippen LogP contribution in [0.5, 0.6) is 0 Å². The van der Waals surface area contributed by atoms with Gasteiger partial charge in [-0.3, -0.25) is 4.79 Å². The zero-order chi connectivity index (χ0) is 15.7. The molecule has 0 spiro atoms. The zero-order valence-electron chi connectivity index (χ0n) is 13.7. The van der Waals surface area contributed by atoms with Crippen LogP contribution in [-0.4, -0.2) is 4.57 Å². The summed E-state index contributed by atoms with van der Waals surface area (Å²) in [5, 5.41) is 1.71. The second-order valence-electron chi connectivity index (χ2n) is 3.83. The van der Waals surface area contributed by atoms with E-state index in [1.54, 1.807) is 24.7 Å². The molecule has 0 saturated carbocycles. The van der Waals surface area contributed by atoms with Crippen LogP contribution in [0.25, 0.3) is 10.8 Å². The highest BCUT2D eigenvalue weighted by Crippen LogP contribution is 2.17. The smallest absolute Gasteiger partial charge is 0.258 e. The highest BCUT2D eigenvalue weighted by molar-refractivity contribution is 5.89. The van der Waals surface area contributed by atoms with Crippen molar-refractivity contribution in [1.29, 1.82) is 0 Å².